The van der Waals surface area contributed by atoms with Crippen LogP contribution < -0.4 is 4.74 Å². The predicted molar refractivity (Wildman–Crippen MR) is 79.3 cm³/mol. The SMILES string of the molecule is Cc1cccc(C)c1OC(=O)Cc1noc2ccccc12. The first-order valence-electron chi connectivity index (χ1n) is 6.75. The topological polar surface area (TPSA) is 52.3 Å². The quantitative estimate of drug-likeness (QED) is 0.544. The molecule has 1 heterocycles. The standard InChI is InChI=1S/C17H15NO3/c1-11-6-5-7-12(2)17(11)20-16(19)10-14-13-8-3-4-9-15(13)21-18-14/h3-9H,10H2,1-2H3. The Bertz CT molecular complexity index is 784. The molecule has 4 nitrogen and oxygen atoms in total. The van der Waals surface area contributed by atoms with Crippen LogP contribution in [0.4, 0.5) is 0 Å². The zero-order valence-electron chi connectivity index (χ0n) is 11.9. The molecule has 0 radical (unpaired) electrons. The second-order valence-electron chi connectivity index (χ2n) is 5.00. The van der Waals surface area contributed by atoms with Crippen molar-refractivity contribution in [3.8, 4) is 5.75 Å². The van der Waals surface area contributed by atoms with Gasteiger partial charge in [0, 0.05) is 5.39 Å². The summed E-state index contributed by atoms with van der Waals surface area (Å²) in [7, 11) is 0. The summed E-state index contributed by atoms with van der Waals surface area (Å²) < 4.78 is 10.7. The number of fused-ring (bicyclic) bond motifs is 1. The van der Waals surface area contributed by atoms with Crippen LogP contribution in [0, 0.1) is 13.8 Å². The highest BCUT2D eigenvalue weighted by Crippen LogP contribution is 2.24. The van der Waals surface area contributed by atoms with Crippen LogP contribution in [0.1, 0.15) is 16.8 Å². The minimum absolute atomic E-state index is 0.0881. The Balaban J connectivity index is 1.81. The molecular formula is C17H15NO3. The molecule has 0 N–H and O–H groups in total. The fourth-order valence-electron chi connectivity index (χ4n) is 2.31. The van der Waals surface area contributed by atoms with Gasteiger partial charge in [-0.2, -0.15) is 0 Å². The van der Waals surface area contributed by atoms with Crippen LogP contribution in [0.3, 0.4) is 0 Å². The van der Waals surface area contributed by atoms with Gasteiger partial charge < -0.3 is 9.26 Å². The highest BCUT2D eigenvalue weighted by molar-refractivity contribution is 5.85. The van der Waals surface area contributed by atoms with Gasteiger partial charge in [-0.05, 0) is 37.1 Å². The van der Waals surface area contributed by atoms with E-state index in [1.807, 2.05) is 56.3 Å². The molecule has 0 atom stereocenters. The lowest BCUT2D eigenvalue weighted by molar-refractivity contribution is -0.133. The van der Waals surface area contributed by atoms with Crippen LogP contribution in [0.15, 0.2) is 47.0 Å². The molecule has 0 bridgehead atoms. The van der Waals surface area contributed by atoms with E-state index in [1.54, 1.807) is 0 Å². The molecule has 0 amide bonds. The van der Waals surface area contributed by atoms with Gasteiger partial charge in [0.25, 0.3) is 0 Å². The van der Waals surface area contributed by atoms with E-state index in [1.165, 1.54) is 0 Å². The zero-order valence-corrected chi connectivity index (χ0v) is 11.9. The summed E-state index contributed by atoms with van der Waals surface area (Å²) in [6.07, 6.45) is 0.0881. The Kier molecular flexibility index (Phi) is 3.44. The Morgan fingerprint density at radius 3 is 2.57 bits per heavy atom. The van der Waals surface area contributed by atoms with Crippen LogP contribution in [0.2, 0.25) is 0 Å². The number of ether oxygens (including phenoxy) is 1. The summed E-state index contributed by atoms with van der Waals surface area (Å²) in [6.45, 7) is 3.84. The number of nitrogens with zero attached hydrogens (tertiary/aromatic N) is 1. The lowest BCUT2D eigenvalue weighted by Gasteiger charge is -2.09. The van der Waals surface area contributed by atoms with Gasteiger partial charge in [0.1, 0.15) is 11.4 Å². The Morgan fingerprint density at radius 2 is 1.81 bits per heavy atom. The average Bonchev–Trinajstić information content (AvgIpc) is 2.87. The number of hydrogen-bond donors (Lipinski definition) is 0. The van der Waals surface area contributed by atoms with Crippen molar-refractivity contribution in [3.63, 3.8) is 0 Å². The lowest BCUT2D eigenvalue weighted by Crippen LogP contribution is -2.13. The van der Waals surface area contributed by atoms with Gasteiger partial charge in [0.15, 0.2) is 5.58 Å². The van der Waals surface area contributed by atoms with E-state index in [4.69, 9.17) is 9.26 Å². The maximum atomic E-state index is 12.1. The normalized spacial score (nSPS) is 10.8. The summed E-state index contributed by atoms with van der Waals surface area (Å²) in [4.78, 5) is 12.1. The maximum Gasteiger partial charge on any atom is 0.317 e. The number of rotatable bonds is 3. The largest absolute Gasteiger partial charge is 0.426 e. The van der Waals surface area contributed by atoms with Crippen molar-refractivity contribution in [2.75, 3.05) is 0 Å². The number of aromatic nitrogens is 1. The summed E-state index contributed by atoms with van der Waals surface area (Å²) in [5.74, 6) is 0.279. The van der Waals surface area contributed by atoms with Crippen LogP contribution >= 0.6 is 0 Å². The highest BCUT2D eigenvalue weighted by Gasteiger charge is 2.15. The number of hydrogen-bond acceptors (Lipinski definition) is 4. The fourth-order valence-corrected chi connectivity index (χ4v) is 2.31. The van der Waals surface area contributed by atoms with E-state index in [0.717, 1.165) is 16.5 Å². The molecule has 21 heavy (non-hydrogen) atoms. The van der Waals surface area contributed by atoms with Gasteiger partial charge in [-0.3, -0.25) is 4.79 Å². The molecular weight excluding hydrogens is 266 g/mol. The van der Waals surface area contributed by atoms with Crippen molar-refractivity contribution in [3.05, 3.63) is 59.3 Å². The molecule has 3 aromatic rings. The number of benzene rings is 2. The minimum Gasteiger partial charge on any atom is -0.426 e. The number of aryl methyl sites for hydroxylation is 2. The van der Waals surface area contributed by atoms with Crippen molar-refractivity contribution in [1.82, 2.24) is 5.16 Å². The van der Waals surface area contributed by atoms with E-state index in [-0.39, 0.29) is 12.4 Å². The van der Waals surface area contributed by atoms with Crippen LogP contribution in [0.25, 0.3) is 11.0 Å². The Hall–Kier alpha value is -2.62. The van der Waals surface area contributed by atoms with E-state index in [2.05, 4.69) is 5.16 Å². The first-order chi connectivity index (χ1) is 10.1. The van der Waals surface area contributed by atoms with Crippen LogP contribution in [-0.2, 0) is 11.2 Å². The lowest BCUT2D eigenvalue weighted by atomic mass is 10.1. The van der Waals surface area contributed by atoms with Crippen molar-refractivity contribution in [1.29, 1.82) is 0 Å². The summed E-state index contributed by atoms with van der Waals surface area (Å²) in [5, 5.41) is 4.79. The molecule has 0 spiro atoms. The van der Waals surface area contributed by atoms with Crippen LogP contribution in [0.5, 0.6) is 5.75 Å². The summed E-state index contributed by atoms with van der Waals surface area (Å²) >= 11 is 0. The molecule has 0 saturated carbocycles. The molecule has 4 heteroatoms. The summed E-state index contributed by atoms with van der Waals surface area (Å²) in [6, 6.07) is 13.2. The van der Waals surface area contributed by atoms with Gasteiger partial charge in [-0.1, -0.05) is 35.5 Å². The smallest absolute Gasteiger partial charge is 0.317 e. The number of esters is 1. The van der Waals surface area contributed by atoms with Gasteiger partial charge in [0.2, 0.25) is 0 Å². The number of para-hydroxylation sites is 2. The molecule has 0 unspecified atom stereocenters. The van der Waals surface area contributed by atoms with E-state index < -0.39 is 0 Å². The zero-order chi connectivity index (χ0) is 14.8. The average molecular weight is 281 g/mol. The molecule has 1 aromatic heterocycles. The fraction of sp³-hybridized carbons (Fsp3) is 0.176. The Labute approximate surface area is 122 Å². The predicted octanol–water partition coefficient (Wildman–Crippen LogP) is 3.59. The van der Waals surface area contributed by atoms with Gasteiger partial charge in [0.05, 0.1) is 6.42 Å². The molecule has 0 aliphatic heterocycles. The third-order valence-corrected chi connectivity index (χ3v) is 3.39. The number of carbonyl (C=O) groups is 1. The third kappa shape index (κ3) is 2.65. The molecule has 0 fully saturated rings. The maximum absolute atomic E-state index is 12.1. The highest BCUT2D eigenvalue weighted by atomic mass is 16.5. The minimum atomic E-state index is -0.341. The van der Waals surface area contributed by atoms with Gasteiger partial charge >= 0.3 is 5.97 Å². The van der Waals surface area contributed by atoms with Crippen molar-refractivity contribution in [2.45, 2.75) is 20.3 Å². The Morgan fingerprint density at radius 1 is 1.10 bits per heavy atom. The molecule has 0 saturated heterocycles. The number of carbonyl (C=O) groups excluding carboxylic acids is 1. The molecule has 106 valence electrons. The van der Waals surface area contributed by atoms with Gasteiger partial charge in [-0.25, -0.2) is 0 Å². The first kappa shape index (κ1) is 13.4. The molecule has 2 aromatic carbocycles. The third-order valence-electron chi connectivity index (χ3n) is 3.39. The second kappa shape index (κ2) is 5.40. The van der Waals surface area contributed by atoms with E-state index >= 15 is 0 Å². The first-order valence-corrected chi connectivity index (χ1v) is 6.75. The van der Waals surface area contributed by atoms with Crippen molar-refractivity contribution in [2.24, 2.45) is 0 Å². The summed E-state index contributed by atoms with van der Waals surface area (Å²) in [5.41, 5.74) is 3.15. The van der Waals surface area contributed by atoms with E-state index in [9.17, 15) is 4.79 Å². The monoisotopic (exact) mass is 281 g/mol. The van der Waals surface area contributed by atoms with Crippen molar-refractivity contribution >= 4 is 16.9 Å². The van der Waals surface area contributed by atoms with Crippen LogP contribution in [-0.4, -0.2) is 11.1 Å². The molecule has 3 rings (SSSR count). The van der Waals surface area contributed by atoms with E-state index in [0.29, 0.717) is 17.0 Å². The molecule has 0 aliphatic carbocycles. The molecule has 0 aliphatic rings. The van der Waals surface area contributed by atoms with Crippen molar-refractivity contribution < 1.29 is 14.1 Å². The second-order valence-corrected chi connectivity index (χ2v) is 5.00. The van der Waals surface area contributed by atoms with Gasteiger partial charge in [-0.15, -0.1) is 0 Å².